The lowest BCUT2D eigenvalue weighted by atomic mass is 9.55. The second-order valence-electron chi connectivity index (χ2n) is 9.64. The molecular formula is C31H32B2N2O6S2. The van der Waals surface area contributed by atoms with Crippen LogP contribution in [0.1, 0.15) is 0 Å². The van der Waals surface area contributed by atoms with Crippen LogP contribution in [0.3, 0.4) is 0 Å². The fraction of sp³-hybridized carbons (Fsp3) is 0.161. The summed E-state index contributed by atoms with van der Waals surface area (Å²) in [6, 6.07) is 29.5. The maximum Gasteiger partial charge on any atom is 0.429 e. The predicted octanol–water partition coefficient (Wildman–Crippen LogP) is 1.30. The summed E-state index contributed by atoms with van der Waals surface area (Å²) in [6.07, 6.45) is 0. The first-order chi connectivity index (χ1) is 20.8. The average molecular weight is 614 g/mol. The van der Waals surface area contributed by atoms with Crippen LogP contribution >= 0.6 is 25.3 Å². The van der Waals surface area contributed by atoms with Gasteiger partial charge in [-0.1, -0.05) is 66.7 Å². The van der Waals surface area contributed by atoms with Crippen LogP contribution in [0.2, 0.25) is 0 Å². The van der Waals surface area contributed by atoms with Gasteiger partial charge >= 0.3 is 25.8 Å². The van der Waals surface area contributed by atoms with Crippen molar-refractivity contribution in [2.24, 2.45) is 11.5 Å². The van der Waals surface area contributed by atoms with Gasteiger partial charge in [-0.3, -0.25) is 9.59 Å². The Labute approximate surface area is 263 Å². The lowest BCUT2D eigenvalue weighted by molar-refractivity contribution is -0.136. The minimum Gasteiger partial charge on any atom is -0.525 e. The van der Waals surface area contributed by atoms with Crippen molar-refractivity contribution in [1.82, 2.24) is 0 Å². The SMILES string of the molecule is COc1ccc(B(OC(=O)C(N)CS)c2ccc(Oc3ccc(B(OC(=O)C(N)CS)c4ccccc4)cc3)cc2)cc1. The van der Waals surface area contributed by atoms with E-state index in [1.54, 1.807) is 43.5 Å². The van der Waals surface area contributed by atoms with Crippen molar-refractivity contribution < 1.29 is 28.4 Å². The van der Waals surface area contributed by atoms with Crippen molar-refractivity contribution in [2.75, 3.05) is 18.6 Å². The zero-order chi connectivity index (χ0) is 30.8. The van der Waals surface area contributed by atoms with Crippen LogP contribution < -0.4 is 42.8 Å². The molecule has 0 bridgehead atoms. The molecule has 2 atom stereocenters. The van der Waals surface area contributed by atoms with Gasteiger partial charge in [0.2, 0.25) is 0 Å². The molecule has 2 unspecified atom stereocenters. The molecule has 4 rings (SSSR count). The van der Waals surface area contributed by atoms with E-state index in [0.29, 0.717) is 17.2 Å². The number of methoxy groups -OCH3 is 1. The Morgan fingerprint density at radius 2 is 0.953 bits per heavy atom. The molecule has 12 heteroatoms. The lowest BCUT2D eigenvalue weighted by Gasteiger charge is -2.18. The van der Waals surface area contributed by atoms with Gasteiger partial charge in [0.1, 0.15) is 29.3 Å². The topological polar surface area (TPSA) is 123 Å². The molecule has 0 aliphatic rings. The number of hydrogen-bond acceptors (Lipinski definition) is 10. The predicted molar refractivity (Wildman–Crippen MR) is 178 cm³/mol. The van der Waals surface area contributed by atoms with Crippen LogP contribution in [0, 0.1) is 0 Å². The van der Waals surface area contributed by atoms with E-state index in [9.17, 15) is 9.59 Å². The van der Waals surface area contributed by atoms with Crippen molar-refractivity contribution in [2.45, 2.75) is 12.1 Å². The maximum atomic E-state index is 12.6. The highest BCUT2D eigenvalue weighted by Crippen LogP contribution is 2.20. The van der Waals surface area contributed by atoms with Gasteiger partial charge in [-0.05, 0) is 58.2 Å². The molecular weight excluding hydrogens is 582 g/mol. The van der Waals surface area contributed by atoms with E-state index < -0.39 is 37.9 Å². The number of carbonyl (C=O) groups excluding carboxylic acids is 2. The number of carbonyl (C=O) groups is 2. The monoisotopic (exact) mass is 614 g/mol. The number of benzene rings is 4. The minimum absolute atomic E-state index is 0.164. The largest absolute Gasteiger partial charge is 0.525 e. The van der Waals surface area contributed by atoms with Crippen LogP contribution in [-0.2, 0) is 18.9 Å². The zero-order valence-corrected chi connectivity index (χ0v) is 25.3. The highest BCUT2D eigenvalue weighted by molar-refractivity contribution is 7.80. The Morgan fingerprint density at radius 3 is 1.30 bits per heavy atom. The molecule has 0 saturated heterocycles. The van der Waals surface area contributed by atoms with Crippen molar-refractivity contribution in [3.63, 3.8) is 0 Å². The minimum atomic E-state index is -0.848. The summed E-state index contributed by atoms with van der Waals surface area (Å²) in [7, 11) is 1.59. The lowest BCUT2D eigenvalue weighted by Crippen LogP contribution is -2.49. The fourth-order valence-corrected chi connectivity index (χ4v) is 4.48. The third kappa shape index (κ3) is 8.61. The van der Waals surface area contributed by atoms with Gasteiger partial charge in [-0.2, -0.15) is 25.3 Å². The normalized spacial score (nSPS) is 12.0. The van der Waals surface area contributed by atoms with Crippen molar-refractivity contribution in [3.05, 3.63) is 103 Å². The first kappa shape index (κ1) is 32.1. The van der Waals surface area contributed by atoms with Crippen LogP contribution in [0.4, 0.5) is 0 Å². The fourth-order valence-electron chi connectivity index (χ4n) is 4.18. The molecule has 4 N–H and O–H groups in total. The molecule has 0 radical (unpaired) electrons. The summed E-state index contributed by atoms with van der Waals surface area (Å²) < 4.78 is 22.9. The summed E-state index contributed by atoms with van der Waals surface area (Å²) in [4.78, 5) is 25.0. The molecule has 4 aromatic carbocycles. The second kappa shape index (κ2) is 15.6. The van der Waals surface area contributed by atoms with Gasteiger partial charge in [0.05, 0.1) is 7.11 Å². The summed E-state index contributed by atoms with van der Waals surface area (Å²) in [6.45, 7) is -1.33. The highest BCUT2D eigenvalue weighted by atomic mass is 32.1. The van der Waals surface area contributed by atoms with E-state index >= 15 is 0 Å². The van der Waals surface area contributed by atoms with Gasteiger partial charge in [0.15, 0.2) is 0 Å². The molecule has 0 saturated carbocycles. The molecule has 0 aliphatic carbocycles. The van der Waals surface area contributed by atoms with Gasteiger partial charge < -0.3 is 30.2 Å². The van der Waals surface area contributed by atoms with E-state index in [-0.39, 0.29) is 11.5 Å². The molecule has 220 valence electrons. The quantitative estimate of drug-likeness (QED) is 0.131. The number of ether oxygens (including phenoxy) is 2. The second-order valence-corrected chi connectivity index (χ2v) is 10.4. The summed E-state index contributed by atoms with van der Waals surface area (Å²) in [5.41, 5.74) is 14.8. The Bertz CT molecular complexity index is 1480. The third-order valence-electron chi connectivity index (χ3n) is 6.59. The molecule has 4 aromatic rings. The Morgan fingerprint density at radius 1 is 0.605 bits per heavy atom. The summed E-state index contributed by atoms with van der Waals surface area (Å²) >= 11 is 8.22. The number of rotatable bonds is 13. The van der Waals surface area contributed by atoms with Gasteiger partial charge in [-0.15, -0.1) is 0 Å². The van der Waals surface area contributed by atoms with E-state index in [0.717, 1.165) is 21.9 Å². The highest BCUT2D eigenvalue weighted by Gasteiger charge is 2.29. The number of thiol groups is 2. The Hall–Kier alpha value is -3.83. The molecule has 8 nitrogen and oxygen atoms in total. The first-order valence-corrected chi connectivity index (χ1v) is 14.8. The van der Waals surface area contributed by atoms with Gasteiger partial charge in [0, 0.05) is 11.5 Å². The molecule has 0 spiro atoms. The zero-order valence-electron chi connectivity index (χ0n) is 23.5. The van der Waals surface area contributed by atoms with E-state index in [4.69, 9.17) is 30.2 Å². The third-order valence-corrected chi connectivity index (χ3v) is 7.38. The molecule has 0 aliphatic heterocycles. The van der Waals surface area contributed by atoms with Crippen molar-refractivity contribution >= 4 is 72.9 Å². The molecule has 0 fully saturated rings. The summed E-state index contributed by atoms with van der Waals surface area (Å²) in [5.74, 6) is 1.10. The van der Waals surface area contributed by atoms with Gasteiger partial charge in [0.25, 0.3) is 0 Å². The number of nitrogens with two attached hydrogens (primary N) is 2. The molecule has 0 aromatic heterocycles. The van der Waals surface area contributed by atoms with E-state index in [1.807, 2.05) is 66.7 Å². The molecule has 0 amide bonds. The van der Waals surface area contributed by atoms with Gasteiger partial charge in [-0.25, -0.2) is 0 Å². The molecule has 43 heavy (non-hydrogen) atoms. The number of hydrogen-bond donors (Lipinski definition) is 4. The van der Waals surface area contributed by atoms with Crippen LogP contribution in [0.15, 0.2) is 103 Å². The Balaban J connectivity index is 1.52. The average Bonchev–Trinajstić information content (AvgIpc) is 3.06. The van der Waals surface area contributed by atoms with E-state index in [2.05, 4.69) is 25.3 Å². The van der Waals surface area contributed by atoms with Crippen LogP contribution in [0.5, 0.6) is 17.2 Å². The van der Waals surface area contributed by atoms with Crippen molar-refractivity contribution in [3.8, 4) is 17.2 Å². The smallest absolute Gasteiger partial charge is 0.429 e. The molecule has 0 heterocycles. The van der Waals surface area contributed by atoms with Crippen LogP contribution in [0.25, 0.3) is 0 Å². The Kier molecular flexibility index (Phi) is 11.6. The standard InChI is InChI=1S/C31H32B2N2O6S2/c1-38-25-13-7-22(8-14-25)33(41-31(37)29(35)20-43)24-11-17-27(18-12-24)39-26-15-9-23(10-16-26)32(21-5-3-2-4-6-21)40-30(36)28(34)19-42/h2-18,28-29,42-43H,19-20,34-35H2,1H3. The van der Waals surface area contributed by atoms with Crippen LogP contribution in [-0.4, -0.2) is 56.5 Å². The van der Waals surface area contributed by atoms with E-state index in [1.165, 1.54) is 0 Å². The summed E-state index contributed by atoms with van der Waals surface area (Å²) in [5, 5.41) is 0. The first-order valence-electron chi connectivity index (χ1n) is 13.5. The maximum absolute atomic E-state index is 12.6. The van der Waals surface area contributed by atoms with Crippen molar-refractivity contribution in [1.29, 1.82) is 0 Å².